The van der Waals surface area contributed by atoms with E-state index in [9.17, 15) is 8.42 Å². The number of benzene rings is 2. The smallest absolute Gasteiger partial charge is 0.232 e. The number of rotatable bonds is 8. The van der Waals surface area contributed by atoms with Crippen molar-refractivity contribution in [2.24, 2.45) is 0 Å². The van der Waals surface area contributed by atoms with E-state index >= 15 is 0 Å². The number of hydrogen-bond donors (Lipinski definition) is 3. The molecular weight excluding hydrogens is 504 g/mol. The molecule has 0 saturated carbocycles. The van der Waals surface area contributed by atoms with E-state index in [2.05, 4.69) is 46.8 Å². The molecule has 3 heterocycles. The van der Waals surface area contributed by atoms with E-state index in [1.54, 1.807) is 25.3 Å². The number of ether oxygens (including phenoxy) is 1. The molecule has 2 aliphatic rings. The topological polar surface area (TPSA) is 125 Å². The van der Waals surface area contributed by atoms with Crippen LogP contribution in [0.2, 0.25) is 0 Å². The van der Waals surface area contributed by atoms with Crippen molar-refractivity contribution < 1.29 is 13.2 Å². The Hall–Kier alpha value is -3.48. The van der Waals surface area contributed by atoms with Gasteiger partial charge in [-0.1, -0.05) is 12.1 Å². The number of nitrogens with one attached hydrogen (secondary N) is 3. The first kappa shape index (κ1) is 26.1. The molecule has 0 spiro atoms. The third-order valence-electron chi connectivity index (χ3n) is 7.04. The minimum absolute atomic E-state index is 0.170. The van der Waals surface area contributed by atoms with Crippen LogP contribution >= 0.6 is 0 Å². The second-order valence-electron chi connectivity index (χ2n) is 9.54. The minimum atomic E-state index is -3.42. The van der Waals surface area contributed by atoms with Gasteiger partial charge in [0, 0.05) is 50.2 Å². The summed E-state index contributed by atoms with van der Waals surface area (Å²) in [6, 6.07) is 13.4. The standard InChI is InChI=1S/C26H34N8O3S/c1-37-23-17-20(34-15-13-33(14-16-34)19-9-11-27-12-10-19)7-8-21(23)30-25-28-18-29-26(32-25)31-22-5-3-4-6-24(22)38(2,35)36/h3-8,17-19,27H,9-16H2,1-2H3,(H2,28,29,30,31,32). The highest BCUT2D eigenvalue weighted by atomic mass is 32.2. The zero-order valence-electron chi connectivity index (χ0n) is 21.7. The molecule has 0 bridgehead atoms. The zero-order chi connectivity index (χ0) is 26.5. The molecular formula is C26H34N8O3S. The van der Waals surface area contributed by atoms with E-state index in [1.165, 1.54) is 25.2 Å². The molecule has 2 aliphatic heterocycles. The minimum Gasteiger partial charge on any atom is -0.494 e. The fraction of sp³-hybridized carbons (Fsp3) is 0.423. The van der Waals surface area contributed by atoms with Crippen LogP contribution in [0.25, 0.3) is 0 Å². The fourth-order valence-electron chi connectivity index (χ4n) is 5.05. The Bertz CT molecular complexity index is 1360. The molecule has 0 aliphatic carbocycles. The molecule has 202 valence electrons. The monoisotopic (exact) mass is 538 g/mol. The maximum Gasteiger partial charge on any atom is 0.232 e. The van der Waals surface area contributed by atoms with Crippen molar-refractivity contribution in [2.45, 2.75) is 23.8 Å². The van der Waals surface area contributed by atoms with Crippen molar-refractivity contribution in [2.75, 3.05) is 68.2 Å². The first-order chi connectivity index (χ1) is 18.4. The van der Waals surface area contributed by atoms with Crippen LogP contribution in [0.4, 0.5) is 29.0 Å². The SMILES string of the molecule is COc1cc(N2CCN(C3CCNCC3)CC2)ccc1Nc1ncnc(Nc2ccccc2S(C)(=O)=O)n1. The second kappa shape index (κ2) is 11.5. The molecule has 5 rings (SSSR count). The van der Waals surface area contributed by atoms with E-state index < -0.39 is 9.84 Å². The summed E-state index contributed by atoms with van der Waals surface area (Å²) in [5.74, 6) is 1.21. The van der Waals surface area contributed by atoms with Crippen molar-refractivity contribution in [3.05, 3.63) is 48.8 Å². The summed E-state index contributed by atoms with van der Waals surface area (Å²) >= 11 is 0. The molecule has 2 saturated heterocycles. The van der Waals surface area contributed by atoms with Crippen LogP contribution in [-0.4, -0.2) is 86.9 Å². The van der Waals surface area contributed by atoms with Crippen molar-refractivity contribution in [1.82, 2.24) is 25.2 Å². The predicted molar refractivity (Wildman–Crippen MR) is 149 cm³/mol. The van der Waals surface area contributed by atoms with Gasteiger partial charge in [-0.25, -0.2) is 18.4 Å². The third kappa shape index (κ3) is 6.14. The summed E-state index contributed by atoms with van der Waals surface area (Å²) in [4.78, 5) is 18.0. The van der Waals surface area contributed by atoms with Gasteiger partial charge < -0.3 is 25.6 Å². The first-order valence-corrected chi connectivity index (χ1v) is 14.7. The Morgan fingerprint density at radius 3 is 2.32 bits per heavy atom. The molecule has 3 aromatic rings. The maximum atomic E-state index is 12.1. The molecule has 38 heavy (non-hydrogen) atoms. The molecule has 12 heteroatoms. The van der Waals surface area contributed by atoms with E-state index in [4.69, 9.17) is 4.74 Å². The van der Waals surface area contributed by atoms with Crippen molar-refractivity contribution in [3.8, 4) is 5.75 Å². The van der Waals surface area contributed by atoms with Crippen molar-refractivity contribution in [1.29, 1.82) is 0 Å². The number of methoxy groups -OCH3 is 1. The number of para-hydroxylation sites is 1. The average molecular weight is 539 g/mol. The van der Waals surface area contributed by atoms with E-state index in [-0.39, 0.29) is 10.8 Å². The largest absolute Gasteiger partial charge is 0.494 e. The van der Waals surface area contributed by atoms with E-state index in [1.807, 2.05) is 12.1 Å². The number of nitrogens with zero attached hydrogens (tertiary/aromatic N) is 5. The quantitative estimate of drug-likeness (QED) is 0.392. The number of anilines is 5. The third-order valence-corrected chi connectivity index (χ3v) is 8.20. The van der Waals surface area contributed by atoms with Crippen molar-refractivity contribution in [3.63, 3.8) is 0 Å². The van der Waals surface area contributed by atoms with Crippen LogP contribution in [0.15, 0.2) is 53.7 Å². The van der Waals surface area contributed by atoms with Gasteiger partial charge in [0.1, 0.15) is 12.1 Å². The fourth-order valence-corrected chi connectivity index (χ4v) is 5.89. The maximum absolute atomic E-state index is 12.1. The van der Waals surface area contributed by atoms with E-state index in [0.29, 0.717) is 23.4 Å². The molecule has 1 aromatic heterocycles. The Kier molecular flexibility index (Phi) is 7.91. The van der Waals surface area contributed by atoms with Gasteiger partial charge >= 0.3 is 0 Å². The number of aromatic nitrogens is 3. The number of hydrogen-bond acceptors (Lipinski definition) is 11. The summed E-state index contributed by atoms with van der Waals surface area (Å²) < 4.78 is 29.9. The lowest BCUT2D eigenvalue weighted by atomic mass is 10.0. The summed E-state index contributed by atoms with van der Waals surface area (Å²) in [6.07, 6.45) is 4.99. The normalized spacial score (nSPS) is 17.3. The summed E-state index contributed by atoms with van der Waals surface area (Å²) in [5.41, 5.74) is 2.24. The summed E-state index contributed by atoms with van der Waals surface area (Å²) in [6.45, 7) is 6.33. The Balaban J connectivity index is 1.26. The molecule has 3 N–H and O–H groups in total. The van der Waals surface area contributed by atoms with Crippen LogP contribution in [0.5, 0.6) is 5.75 Å². The lowest BCUT2D eigenvalue weighted by Gasteiger charge is -2.41. The molecule has 2 aromatic carbocycles. The molecule has 11 nitrogen and oxygen atoms in total. The van der Waals surface area contributed by atoms with Gasteiger partial charge in [0.05, 0.1) is 23.4 Å². The molecule has 0 amide bonds. The van der Waals surface area contributed by atoms with Crippen LogP contribution in [0.3, 0.4) is 0 Å². The highest BCUT2D eigenvalue weighted by Crippen LogP contribution is 2.32. The van der Waals surface area contributed by atoms with Gasteiger partial charge in [-0.05, 0) is 50.2 Å². The number of piperidine rings is 1. The lowest BCUT2D eigenvalue weighted by molar-refractivity contribution is 0.153. The van der Waals surface area contributed by atoms with Gasteiger partial charge in [-0.15, -0.1) is 0 Å². The predicted octanol–water partition coefficient (Wildman–Crippen LogP) is 2.64. The van der Waals surface area contributed by atoms with Gasteiger partial charge in [0.2, 0.25) is 11.9 Å². The zero-order valence-corrected chi connectivity index (χ0v) is 22.5. The Morgan fingerprint density at radius 2 is 1.63 bits per heavy atom. The molecule has 0 radical (unpaired) electrons. The average Bonchev–Trinajstić information content (AvgIpc) is 2.94. The highest BCUT2D eigenvalue weighted by molar-refractivity contribution is 7.90. The van der Waals surface area contributed by atoms with Crippen LogP contribution in [-0.2, 0) is 9.84 Å². The summed E-state index contributed by atoms with van der Waals surface area (Å²) in [7, 11) is -1.78. The van der Waals surface area contributed by atoms with Crippen LogP contribution in [0.1, 0.15) is 12.8 Å². The lowest BCUT2D eigenvalue weighted by Crippen LogP contribution is -2.52. The van der Waals surface area contributed by atoms with Crippen LogP contribution in [0, 0.1) is 0 Å². The summed E-state index contributed by atoms with van der Waals surface area (Å²) in [5, 5.41) is 9.63. The van der Waals surface area contributed by atoms with E-state index in [0.717, 1.165) is 56.9 Å². The Labute approximate surface area is 223 Å². The number of piperazine rings is 1. The van der Waals surface area contributed by atoms with Gasteiger partial charge in [-0.3, -0.25) is 4.90 Å². The second-order valence-corrected chi connectivity index (χ2v) is 11.5. The molecule has 0 atom stereocenters. The van der Waals surface area contributed by atoms with Gasteiger partial charge in [-0.2, -0.15) is 4.98 Å². The number of sulfone groups is 1. The molecule has 0 unspecified atom stereocenters. The van der Waals surface area contributed by atoms with Crippen molar-refractivity contribution >= 4 is 38.8 Å². The van der Waals surface area contributed by atoms with Crippen LogP contribution < -0.4 is 25.6 Å². The Morgan fingerprint density at radius 1 is 0.947 bits per heavy atom. The molecule has 2 fully saturated rings. The van der Waals surface area contributed by atoms with Gasteiger partial charge in [0.25, 0.3) is 0 Å². The van der Waals surface area contributed by atoms with Gasteiger partial charge in [0.15, 0.2) is 9.84 Å². The highest BCUT2D eigenvalue weighted by Gasteiger charge is 2.25. The first-order valence-electron chi connectivity index (χ1n) is 12.8.